The fourth-order valence-electron chi connectivity index (χ4n) is 2.86. The number of halogens is 1. The first kappa shape index (κ1) is 17.6. The summed E-state index contributed by atoms with van der Waals surface area (Å²) in [5.74, 6) is 1.32. The molecule has 1 aliphatic carbocycles. The average molecular weight is 360 g/mol. The second kappa shape index (κ2) is 7.36. The molecule has 132 valence electrons. The van der Waals surface area contributed by atoms with Gasteiger partial charge in [-0.25, -0.2) is 0 Å². The number of benzene rings is 2. The van der Waals surface area contributed by atoms with Crippen LogP contribution in [0.5, 0.6) is 11.5 Å². The standard InChI is InChI=1S/C20H22ClNO3/c1-14-3-8-17(18(13-14)24-2)25-12-9-19(23)22-20(10-11-20)15-4-6-16(21)7-5-15/h3-8,13H,9-12H2,1-2H3,(H,22,23). The molecule has 0 atom stereocenters. The number of methoxy groups -OCH3 is 1. The molecule has 0 bridgehead atoms. The van der Waals surface area contributed by atoms with Gasteiger partial charge in [0.25, 0.3) is 0 Å². The van der Waals surface area contributed by atoms with Crippen LogP contribution >= 0.6 is 11.6 Å². The van der Waals surface area contributed by atoms with Crippen molar-refractivity contribution in [3.63, 3.8) is 0 Å². The Hall–Kier alpha value is -2.20. The zero-order chi connectivity index (χ0) is 17.9. The Bertz CT molecular complexity index is 754. The third-order valence-electron chi connectivity index (χ3n) is 4.43. The lowest BCUT2D eigenvalue weighted by Gasteiger charge is -2.18. The van der Waals surface area contributed by atoms with Crippen LogP contribution in [0.25, 0.3) is 0 Å². The van der Waals surface area contributed by atoms with Crippen molar-refractivity contribution in [2.24, 2.45) is 0 Å². The van der Waals surface area contributed by atoms with E-state index in [9.17, 15) is 4.79 Å². The topological polar surface area (TPSA) is 47.6 Å². The van der Waals surface area contributed by atoms with Crippen molar-refractivity contribution in [2.45, 2.75) is 31.7 Å². The number of carbonyl (C=O) groups is 1. The first-order chi connectivity index (χ1) is 12.0. The summed E-state index contributed by atoms with van der Waals surface area (Å²) in [5, 5.41) is 3.83. The molecular weight excluding hydrogens is 338 g/mol. The number of amides is 1. The number of rotatable bonds is 7. The first-order valence-electron chi connectivity index (χ1n) is 8.37. The molecule has 1 saturated carbocycles. The molecule has 5 heteroatoms. The third kappa shape index (κ3) is 4.26. The Morgan fingerprint density at radius 3 is 2.52 bits per heavy atom. The molecule has 1 amide bonds. The lowest BCUT2D eigenvalue weighted by molar-refractivity contribution is -0.122. The summed E-state index contributed by atoms with van der Waals surface area (Å²) in [5.41, 5.74) is 1.97. The first-order valence-corrected chi connectivity index (χ1v) is 8.75. The van der Waals surface area contributed by atoms with Gasteiger partial charge in [-0.1, -0.05) is 29.8 Å². The lowest BCUT2D eigenvalue weighted by Crippen LogP contribution is -2.35. The minimum atomic E-state index is -0.233. The predicted molar refractivity (Wildman–Crippen MR) is 98.3 cm³/mol. The number of hydrogen-bond acceptors (Lipinski definition) is 3. The molecule has 0 unspecified atom stereocenters. The zero-order valence-corrected chi connectivity index (χ0v) is 15.2. The Labute approximate surface area is 153 Å². The number of carbonyl (C=O) groups excluding carboxylic acids is 1. The summed E-state index contributed by atoms with van der Waals surface area (Å²) in [6, 6.07) is 13.4. The van der Waals surface area contributed by atoms with Crippen molar-refractivity contribution in [1.82, 2.24) is 5.32 Å². The van der Waals surface area contributed by atoms with Crippen molar-refractivity contribution in [3.05, 3.63) is 58.6 Å². The van der Waals surface area contributed by atoms with Gasteiger partial charge in [0.15, 0.2) is 11.5 Å². The van der Waals surface area contributed by atoms with Gasteiger partial charge >= 0.3 is 0 Å². The zero-order valence-electron chi connectivity index (χ0n) is 14.5. The molecular formula is C20H22ClNO3. The van der Waals surface area contributed by atoms with Crippen LogP contribution in [0.1, 0.15) is 30.4 Å². The summed E-state index contributed by atoms with van der Waals surface area (Å²) in [6.45, 7) is 2.30. The minimum Gasteiger partial charge on any atom is -0.493 e. The monoisotopic (exact) mass is 359 g/mol. The van der Waals surface area contributed by atoms with Crippen LogP contribution < -0.4 is 14.8 Å². The van der Waals surface area contributed by atoms with Gasteiger partial charge in [0.2, 0.25) is 5.91 Å². The second-order valence-electron chi connectivity index (χ2n) is 6.39. The molecule has 1 fully saturated rings. The Kier molecular flexibility index (Phi) is 5.19. The van der Waals surface area contributed by atoms with E-state index in [1.165, 1.54) is 0 Å². The molecule has 0 aromatic heterocycles. The fourth-order valence-corrected chi connectivity index (χ4v) is 2.98. The van der Waals surface area contributed by atoms with E-state index in [-0.39, 0.29) is 11.4 Å². The van der Waals surface area contributed by atoms with E-state index in [0.717, 1.165) is 24.0 Å². The maximum absolute atomic E-state index is 12.3. The fraction of sp³-hybridized carbons (Fsp3) is 0.350. The quantitative estimate of drug-likeness (QED) is 0.804. The molecule has 2 aromatic carbocycles. The van der Waals surface area contributed by atoms with Gasteiger partial charge in [0.1, 0.15) is 0 Å². The highest BCUT2D eigenvalue weighted by Gasteiger charge is 2.45. The molecule has 0 spiro atoms. The highest BCUT2D eigenvalue weighted by Crippen LogP contribution is 2.45. The van der Waals surface area contributed by atoms with Gasteiger partial charge < -0.3 is 14.8 Å². The molecule has 1 N–H and O–H groups in total. The van der Waals surface area contributed by atoms with Crippen molar-refractivity contribution in [1.29, 1.82) is 0 Å². The van der Waals surface area contributed by atoms with E-state index in [1.807, 2.05) is 49.4 Å². The Morgan fingerprint density at radius 1 is 1.16 bits per heavy atom. The molecule has 0 heterocycles. The third-order valence-corrected chi connectivity index (χ3v) is 4.68. The molecule has 25 heavy (non-hydrogen) atoms. The highest BCUT2D eigenvalue weighted by atomic mass is 35.5. The Morgan fingerprint density at radius 2 is 1.88 bits per heavy atom. The maximum Gasteiger partial charge on any atom is 0.224 e. The van der Waals surface area contributed by atoms with Crippen LogP contribution in [0.15, 0.2) is 42.5 Å². The summed E-state index contributed by atoms with van der Waals surface area (Å²) in [4.78, 5) is 12.3. The minimum absolute atomic E-state index is 0.0153. The smallest absolute Gasteiger partial charge is 0.224 e. The van der Waals surface area contributed by atoms with Crippen LogP contribution in [0, 0.1) is 6.92 Å². The molecule has 0 radical (unpaired) electrons. The van der Waals surface area contributed by atoms with Crippen molar-refractivity contribution in [3.8, 4) is 11.5 Å². The van der Waals surface area contributed by atoms with Crippen molar-refractivity contribution >= 4 is 17.5 Å². The van der Waals surface area contributed by atoms with Crippen LogP contribution in [-0.4, -0.2) is 19.6 Å². The van der Waals surface area contributed by atoms with E-state index >= 15 is 0 Å². The van der Waals surface area contributed by atoms with E-state index in [4.69, 9.17) is 21.1 Å². The summed E-state index contributed by atoms with van der Waals surface area (Å²) in [6.07, 6.45) is 2.20. The summed E-state index contributed by atoms with van der Waals surface area (Å²) in [7, 11) is 1.61. The molecule has 3 rings (SSSR count). The second-order valence-corrected chi connectivity index (χ2v) is 6.83. The van der Waals surface area contributed by atoms with Crippen molar-refractivity contribution < 1.29 is 14.3 Å². The van der Waals surface area contributed by atoms with E-state index in [1.54, 1.807) is 7.11 Å². The van der Waals surface area contributed by atoms with Crippen molar-refractivity contribution in [2.75, 3.05) is 13.7 Å². The summed E-state index contributed by atoms with van der Waals surface area (Å²) < 4.78 is 11.0. The predicted octanol–water partition coefficient (Wildman–Crippen LogP) is 4.23. The largest absolute Gasteiger partial charge is 0.493 e. The number of aryl methyl sites for hydroxylation is 1. The van der Waals surface area contributed by atoms with Gasteiger partial charge in [-0.2, -0.15) is 0 Å². The Balaban J connectivity index is 1.53. The van der Waals surface area contributed by atoms with Gasteiger partial charge in [-0.15, -0.1) is 0 Å². The van der Waals surface area contributed by atoms with Gasteiger partial charge in [0.05, 0.1) is 25.7 Å². The molecule has 2 aromatic rings. The lowest BCUT2D eigenvalue weighted by atomic mass is 10.0. The van der Waals surface area contributed by atoms with Gasteiger partial charge in [-0.05, 0) is 55.2 Å². The van der Waals surface area contributed by atoms with E-state index in [2.05, 4.69) is 5.32 Å². The van der Waals surface area contributed by atoms with Gasteiger partial charge in [-0.3, -0.25) is 4.79 Å². The number of nitrogens with one attached hydrogen (secondary N) is 1. The maximum atomic E-state index is 12.3. The average Bonchev–Trinajstić information content (AvgIpc) is 3.37. The van der Waals surface area contributed by atoms with E-state index in [0.29, 0.717) is 29.5 Å². The van der Waals surface area contributed by atoms with Crippen LogP contribution in [-0.2, 0) is 10.3 Å². The number of hydrogen-bond donors (Lipinski definition) is 1. The van der Waals surface area contributed by atoms with Gasteiger partial charge in [0, 0.05) is 5.02 Å². The molecule has 0 saturated heterocycles. The van der Waals surface area contributed by atoms with Crippen LogP contribution in [0.2, 0.25) is 5.02 Å². The summed E-state index contributed by atoms with van der Waals surface area (Å²) >= 11 is 5.93. The molecule has 0 aliphatic heterocycles. The molecule has 1 aliphatic rings. The van der Waals surface area contributed by atoms with E-state index < -0.39 is 0 Å². The number of ether oxygens (including phenoxy) is 2. The SMILES string of the molecule is COc1cc(C)ccc1OCCC(=O)NC1(c2ccc(Cl)cc2)CC1. The highest BCUT2D eigenvalue weighted by molar-refractivity contribution is 6.30. The van der Waals surface area contributed by atoms with Crippen LogP contribution in [0.3, 0.4) is 0 Å². The van der Waals surface area contributed by atoms with Crippen LogP contribution in [0.4, 0.5) is 0 Å². The normalized spacial score (nSPS) is 14.7. The molecule has 4 nitrogen and oxygen atoms in total.